The highest BCUT2D eigenvalue weighted by atomic mass is 79.9. The van der Waals surface area contributed by atoms with Crippen LogP contribution in [0.3, 0.4) is 0 Å². The molecule has 3 heteroatoms. The van der Waals surface area contributed by atoms with Gasteiger partial charge in [-0.25, -0.2) is 0 Å². The molecule has 0 spiro atoms. The van der Waals surface area contributed by atoms with Crippen molar-refractivity contribution in [1.82, 2.24) is 5.32 Å². The van der Waals surface area contributed by atoms with E-state index in [2.05, 4.69) is 55.0 Å². The second kappa shape index (κ2) is 4.98. The van der Waals surface area contributed by atoms with Gasteiger partial charge in [0.15, 0.2) is 0 Å². The van der Waals surface area contributed by atoms with Crippen molar-refractivity contribution in [3.63, 3.8) is 0 Å². The summed E-state index contributed by atoms with van der Waals surface area (Å²) in [6, 6.07) is 2.66. The first kappa shape index (κ1) is 13.2. The second-order valence-corrected chi connectivity index (χ2v) is 7.32. The lowest BCUT2D eigenvalue weighted by atomic mass is 9.87. The van der Waals surface area contributed by atoms with Gasteiger partial charge in [-0.15, -0.1) is 11.3 Å². The Morgan fingerprint density at radius 1 is 1.47 bits per heavy atom. The van der Waals surface area contributed by atoms with Crippen molar-refractivity contribution in [2.24, 2.45) is 5.41 Å². The lowest BCUT2D eigenvalue weighted by Crippen LogP contribution is -2.21. The molecule has 1 nitrogen and oxygen atoms in total. The Bertz CT molecular complexity index is 325. The molecule has 1 unspecified atom stereocenters. The Morgan fingerprint density at radius 3 is 2.40 bits per heavy atom. The van der Waals surface area contributed by atoms with E-state index < -0.39 is 0 Å². The zero-order valence-corrected chi connectivity index (χ0v) is 12.6. The maximum atomic E-state index is 3.64. The number of aryl methyl sites for hydroxylation is 1. The molecule has 1 rings (SSSR count). The molecule has 0 aliphatic rings. The highest BCUT2D eigenvalue weighted by Crippen LogP contribution is 2.37. The molecule has 0 saturated heterocycles. The Hall–Kier alpha value is 0.140. The molecular weight excluding hydrogens is 270 g/mol. The first-order valence-electron chi connectivity index (χ1n) is 5.26. The van der Waals surface area contributed by atoms with Crippen LogP contribution in [0.25, 0.3) is 0 Å². The van der Waals surface area contributed by atoms with Crippen molar-refractivity contribution in [2.45, 2.75) is 40.2 Å². The second-order valence-electron chi connectivity index (χ2n) is 5.18. The van der Waals surface area contributed by atoms with Gasteiger partial charge in [0.25, 0.3) is 0 Å². The van der Waals surface area contributed by atoms with Crippen LogP contribution in [-0.4, -0.2) is 7.05 Å². The van der Waals surface area contributed by atoms with Crippen LogP contribution in [-0.2, 0) is 0 Å². The van der Waals surface area contributed by atoms with Crippen LogP contribution >= 0.6 is 27.3 Å². The van der Waals surface area contributed by atoms with E-state index in [4.69, 9.17) is 0 Å². The van der Waals surface area contributed by atoms with E-state index in [1.807, 2.05) is 18.4 Å². The predicted octanol–water partition coefficient (Wildman–Crippen LogP) is 4.52. The van der Waals surface area contributed by atoms with E-state index >= 15 is 0 Å². The van der Waals surface area contributed by atoms with E-state index in [1.54, 1.807) is 0 Å². The molecule has 86 valence electrons. The summed E-state index contributed by atoms with van der Waals surface area (Å²) < 4.78 is 1.24. The van der Waals surface area contributed by atoms with Crippen LogP contribution in [0.4, 0.5) is 0 Å². The van der Waals surface area contributed by atoms with Gasteiger partial charge in [0.2, 0.25) is 0 Å². The third kappa shape index (κ3) is 3.89. The lowest BCUT2D eigenvalue weighted by Gasteiger charge is -2.25. The van der Waals surface area contributed by atoms with E-state index in [0.717, 1.165) is 6.42 Å². The fraction of sp³-hybridized carbons (Fsp3) is 0.667. The minimum absolute atomic E-state index is 0.352. The quantitative estimate of drug-likeness (QED) is 0.863. The number of hydrogen-bond acceptors (Lipinski definition) is 2. The van der Waals surface area contributed by atoms with Gasteiger partial charge in [-0.1, -0.05) is 20.8 Å². The fourth-order valence-electron chi connectivity index (χ4n) is 1.68. The summed E-state index contributed by atoms with van der Waals surface area (Å²) in [5.41, 5.74) is 0.352. The molecule has 0 aliphatic carbocycles. The van der Waals surface area contributed by atoms with Crippen molar-refractivity contribution in [2.75, 3.05) is 7.05 Å². The molecule has 0 bridgehead atoms. The molecule has 1 atom stereocenters. The summed E-state index contributed by atoms with van der Waals surface area (Å²) in [7, 11) is 2.04. The predicted molar refractivity (Wildman–Crippen MR) is 72.6 cm³/mol. The first-order chi connectivity index (χ1) is 6.83. The number of hydrogen-bond donors (Lipinski definition) is 1. The standard InChI is InChI=1S/C12H20BrNS/c1-8-6-9(13)11(15-8)10(14-5)7-12(2,3)4/h6,10,14H,7H2,1-5H3. The zero-order chi connectivity index (χ0) is 11.6. The Balaban J connectivity index is 2.88. The summed E-state index contributed by atoms with van der Waals surface area (Å²) in [5, 5.41) is 3.41. The van der Waals surface area contributed by atoms with Crippen LogP contribution < -0.4 is 5.32 Å². The molecule has 0 fully saturated rings. The Labute approximate surface area is 105 Å². The van der Waals surface area contributed by atoms with Crippen LogP contribution in [0.2, 0.25) is 0 Å². The Kier molecular flexibility index (Phi) is 4.38. The smallest absolute Gasteiger partial charge is 0.0428 e. The molecule has 0 amide bonds. The van der Waals surface area contributed by atoms with Gasteiger partial charge in [0, 0.05) is 20.3 Å². The minimum atomic E-state index is 0.352. The highest BCUT2D eigenvalue weighted by Gasteiger charge is 2.22. The molecule has 0 aromatic carbocycles. The molecule has 1 aromatic rings. The number of nitrogens with one attached hydrogen (secondary N) is 1. The topological polar surface area (TPSA) is 12.0 Å². The minimum Gasteiger partial charge on any atom is -0.312 e. The maximum absolute atomic E-state index is 3.64. The van der Waals surface area contributed by atoms with E-state index in [1.165, 1.54) is 14.2 Å². The molecule has 1 heterocycles. The number of rotatable bonds is 3. The van der Waals surface area contributed by atoms with Gasteiger partial charge < -0.3 is 5.32 Å². The number of halogens is 1. The summed E-state index contributed by atoms with van der Waals surface area (Å²) in [5.74, 6) is 0. The van der Waals surface area contributed by atoms with Crippen molar-refractivity contribution in [1.29, 1.82) is 0 Å². The van der Waals surface area contributed by atoms with E-state index in [0.29, 0.717) is 11.5 Å². The molecule has 0 saturated carbocycles. The zero-order valence-electron chi connectivity index (χ0n) is 10.1. The third-order valence-corrected chi connectivity index (χ3v) is 4.40. The van der Waals surface area contributed by atoms with Crippen molar-refractivity contribution >= 4 is 27.3 Å². The Morgan fingerprint density at radius 2 is 2.07 bits per heavy atom. The highest BCUT2D eigenvalue weighted by molar-refractivity contribution is 9.10. The van der Waals surface area contributed by atoms with Crippen LogP contribution in [0.1, 0.15) is 43.0 Å². The van der Waals surface area contributed by atoms with Gasteiger partial charge in [0.1, 0.15) is 0 Å². The molecule has 1 aromatic heterocycles. The van der Waals surface area contributed by atoms with Crippen LogP contribution in [0.15, 0.2) is 10.5 Å². The first-order valence-corrected chi connectivity index (χ1v) is 6.87. The maximum Gasteiger partial charge on any atom is 0.0428 e. The third-order valence-electron chi connectivity index (χ3n) is 2.32. The largest absolute Gasteiger partial charge is 0.312 e. The van der Waals surface area contributed by atoms with Gasteiger partial charge >= 0.3 is 0 Å². The SMILES string of the molecule is CNC(CC(C)(C)C)c1sc(C)cc1Br. The van der Waals surface area contributed by atoms with Crippen molar-refractivity contribution in [3.8, 4) is 0 Å². The molecule has 0 radical (unpaired) electrons. The fourth-order valence-corrected chi connectivity index (χ4v) is 3.71. The normalized spacial score (nSPS) is 14.3. The van der Waals surface area contributed by atoms with Crippen LogP contribution in [0, 0.1) is 12.3 Å². The summed E-state index contributed by atoms with van der Waals surface area (Å²) in [6.45, 7) is 9.01. The molecular formula is C12H20BrNS. The van der Waals surface area contributed by atoms with E-state index in [-0.39, 0.29) is 0 Å². The molecule has 1 N–H and O–H groups in total. The average molecular weight is 290 g/mol. The van der Waals surface area contributed by atoms with Crippen molar-refractivity contribution < 1.29 is 0 Å². The van der Waals surface area contributed by atoms with E-state index in [9.17, 15) is 0 Å². The van der Waals surface area contributed by atoms with Crippen LogP contribution in [0.5, 0.6) is 0 Å². The van der Waals surface area contributed by atoms with Gasteiger partial charge in [-0.2, -0.15) is 0 Å². The number of thiophene rings is 1. The van der Waals surface area contributed by atoms with Gasteiger partial charge in [-0.05, 0) is 47.8 Å². The van der Waals surface area contributed by atoms with Gasteiger partial charge in [0.05, 0.1) is 0 Å². The molecule has 0 aliphatic heterocycles. The summed E-state index contributed by atoms with van der Waals surface area (Å²) in [6.07, 6.45) is 1.15. The average Bonchev–Trinajstić information content (AvgIpc) is 2.39. The van der Waals surface area contributed by atoms with Crippen molar-refractivity contribution in [3.05, 3.63) is 20.3 Å². The van der Waals surface area contributed by atoms with Gasteiger partial charge in [-0.3, -0.25) is 0 Å². The monoisotopic (exact) mass is 289 g/mol. The lowest BCUT2D eigenvalue weighted by molar-refractivity contribution is 0.323. The molecule has 15 heavy (non-hydrogen) atoms. The summed E-state index contributed by atoms with van der Waals surface area (Å²) in [4.78, 5) is 2.79. The summed E-state index contributed by atoms with van der Waals surface area (Å²) >= 11 is 5.51.